The van der Waals surface area contributed by atoms with E-state index in [0.717, 1.165) is 0 Å². The van der Waals surface area contributed by atoms with Crippen molar-refractivity contribution < 1.29 is 27.9 Å². The van der Waals surface area contributed by atoms with Crippen LogP contribution in [0.15, 0.2) is 29.2 Å². The molecule has 1 aliphatic rings. The monoisotopic (exact) mass is 381 g/mol. The van der Waals surface area contributed by atoms with Crippen molar-refractivity contribution in [1.82, 2.24) is 9.62 Å². The number of carboxylic acid groups (broad SMARTS) is 1. The van der Waals surface area contributed by atoms with Crippen molar-refractivity contribution in [2.75, 3.05) is 19.6 Å². The molecule has 1 fully saturated rings. The zero-order valence-electron chi connectivity index (χ0n) is 14.4. The van der Waals surface area contributed by atoms with Crippen molar-refractivity contribution >= 4 is 27.7 Å². The number of carbonyl (C=O) groups is 3. The fraction of sp³-hybridized carbons (Fsp3) is 0.471. The minimum absolute atomic E-state index is 0.0357. The maximum absolute atomic E-state index is 12.8. The van der Waals surface area contributed by atoms with Crippen LogP contribution in [0.1, 0.15) is 36.5 Å². The second-order valence-electron chi connectivity index (χ2n) is 6.20. The zero-order chi connectivity index (χ0) is 19.3. The third-order valence-electron chi connectivity index (χ3n) is 4.28. The summed E-state index contributed by atoms with van der Waals surface area (Å²) in [5.41, 5.74) is 0.424. The Morgan fingerprint density at radius 2 is 1.88 bits per heavy atom. The van der Waals surface area contributed by atoms with Crippen LogP contribution in [0.3, 0.4) is 0 Å². The van der Waals surface area contributed by atoms with Gasteiger partial charge in [0.25, 0.3) is 0 Å². The summed E-state index contributed by atoms with van der Waals surface area (Å²) in [5.74, 6) is -2.30. The van der Waals surface area contributed by atoms with E-state index in [1.54, 1.807) is 0 Å². The molecule has 1 heterocycles. The summed E-state index contributed by atoms with van der Waals surface area (Å²) in [4.78, 5) is 33.9. The molecular formula is C17H21N2O6S-. The molecule has 0 spiro atoms. The molecule has 9 heteroatoms. The number of piperidine rings is 1. The van der Waals surface area contributed by atoms with E-state index in [4.69, 9.17) is 0 Å². The molecule has 0 unspecified atom stereocenters. The number of carboxylic acids is 1. The standard InChI is InChI=1S/C17H22N2O6S/c1-12(20)13-4-6-15(7-5-13)26(24,25)19-10-2-3-14(11-19)17(23)18-9-8-16(21)22/h4-7,14H,2-3,8-11H2,1H3,(H,18,23)(H,21,22)/p-1/t14-/m0/s1. The molecule has 2 rings (SSSR count). The van der Waals surface area contributed by atoms with Gasteiger partial charge in [0, 0.05) is 37.6 Å². The lowest BCUT2D eigenvalue weighted by atomic mass is 9.99. The van der Waals surface area contributed by atoms with Gasteiger partial charge in [-0.05, 0) is 31.9 Å². The first-order chi connectivity index (χ1) is 12.2. The van der Waals surface area contributed by atoms with Crippen molar-refractivity contribution in [3.8, 4) is 0 Å². The number of nitrogens with zero attached hydrogens (tertiary/aromatic N) is 1. The Hall–Kier alpha value is -2.26. The molecule has 1 atom stereocenters. The van der Waals surface area contributed by atoms with E-state index in [0.29, 0.717) is 24.9 Å². The summed E-state index contributed by atoms with van der Waals surface area (Å²) in [6.45, 7) is 1.70. The second-order valence-corrected chi connectivity index (χ2v) is 8.13. The number of hydrogen-bond donors (Lipinski definition) is 1. The number of Topliss-reactive ketones (excluding diaryl/α,β-unsaturated/α-hetero) is 1. The number of nitrogens with one attached hydrogen (secondary N) is 1. The minimum Gasteiger partial charge on any atom is -0.550 e. The molecule has 142 valence electrons. The average Bonchev–Trinajstić information content (AvgIpc) is 2.61. The van der Waals surface area contributed by atoms with Crippen LogP contribution < -0.4 is 10.4 Å². The normalized spacial score (nSPS) is 18.3. The SMILES string of the molecule is CC(=O)c1ccc(S(=O)(=O)N2CCC[C@H](C(=O)NCCC(=O)[O-])C2)cc1. The van der Waals surface area contributed by atoms with Crippen LogP contribution in [0, 0.1) is 5.92 Å². The Morgan fingerprint density at radius 1 is 1.23 bits per heavy atom. The van der Waals surface area contributed by atoms with Crippen LogP contribution in [-0.4, -0.2) is 50.0 Å². The van der Waals surface area contributed by atoms with Crippen molar-refractivity contribution in [3.05, 3.63) is 29.8 Å². The largest absolute Gasteiger partial charge is 0.550 e. The Balaban J connectivity index is 2.06. The van der Waals surface area contributed by atoms with E-state index in [9.17, 15) is 27.9 Å². The van der Waals surface area contributed by atoms with Gasteiger partial charge in [0.2, 0.25) is 15.9 Å². The highest BCUT2D eigenvalue weighted by Gasteiger charge is 2.33. The summed E-state index contributed by atoms with van der Waals surface area (Å²) in [5, 5.41) is 12.9. The van der Waals surface area contributed by atoms with Gasteiger partial charge in [0.15, 0.2) is 5.78 Å². The predicted molar refractivity (Wildman–Crippen MR) is 90.6 cm³/mol. The number of amides is 1. The third kappa shape index (κ3) is 4.89. The molecule has 0 aliphatic carbocycles. The molecule has 0 radical (unpaired) electrons. The lowest BCUT2D eigenvalue weighted by molar-refractivity contribution is -0.305. The summed E-state index contributed by atoms with van der Waals surface area (Å²) in [7, 11) is -3.77. The highest BCUT2D eigenvalue weighted by Crippen LogP contribution is 2.24. The number of rotatable bonds is 7. The fourth-order valence-electron chi connectivity index (χ4n) is 2.82. The Morgan fingerprint density at radius 3 is 2.46 bits per heavy atom. The number of benzene rings is 1. The molecule has 1 aliphatic heterocycles. The first kappa shape index (κ1) is 20.1. The molecule has 0 bridgehead atoms. The van der Waals surface area contributed by atoms with Gasteiger partial charge < -0.3 is 15.2 Å². The number of carbonyl (C=O) groups excluding carboxylic acids is 3. The summed E-state index contributed by atoms with van der Waals surface area (Å²) in [6, 6.07) is 5.69. The fourth-order valence-corrected chi connectivity index (χ4v) is 4.34. The lowest BCUT2D eigenvalue weighted by Gasteiger charge is -2.31. The molecule has 1 aromatic carbocycles. The van der Waals surface area contributed by atoms with Crippen LogP contribution in [0.25, 0.3) is 0 Å². The van der Waals surface area contributed by atoms with Gasteiger partial charge in [-0.15, -0.1) is 0 Å². The Bertz CT molecular complexity index is 788. The molecule has 1 amide bonds. The Kier molecular flexibility index (Phi) is 6.49. The molecule has 26 heavy (non-hydrogen) atoms. The van der Waals surface area contributed by atoms with E-state index in [-0.39, 0.29) is 36.1 Å². The molecule has 0 aromatic heterocycles. The van der Waals surface area contributed by atoms with Crippen LogP contribution in [0.5, 0.6) is 0 Å². The van der Waals surface area contributed by atoms with E-state index in [2.05, 4.69) is 5.32 Å². The zero-order valence-corrected chi connectivity index (χ0v) is 15.3. The smallest absolute Gasteiger partial charge is 0.243 e. The maximum Gasteiger partial charge on any atom is 0.243 e. The van der Waals surface area contributed by atoms with Gasteiger partial charge in [-0.3, -0.25) is 9.59 Å². The summed E-state index contributed by atoms with van der Waals surface area (Å²) in [6.07, 6.45) is 0.777. The molecule has 1 aromatic rings. The summed E-state index contributed by atoms with van der Waals surface area (Å²) < 4.78 is 26.8. The minimum atomic E-state index is -3.77. The van der Waals surface area contributed by atoms with Gasteiger partial charge in [0.1, 0.15) is 0 Å². The van der Waals surface area contributed by atoms with E-state index in [1.165, 1.54) is 35.5 Å². The first-order valence-corrected chi connectivity index (χ1v) is 9.74. The second kappa shape index (κ2) is 8.41. The van der Waals surface area contributed by atoms with Crippen molar-refractivity contribution in [3.63, 3.8) is 0 Å². The number of aliphatic carboxylic acids is 1. The van der Waals surface area contributed by atoms with Gasteiger partial charge in [-0.1, -0.05) is 12.1 Å². The van der Waals surface area contributed by atoms with E-state index < -0.39 is 21.9 Å². The first-order valence-electron chi connectivity index (χ1n) is 8.30. The van der Waals surface area contributed by atoms with Gasteiger partial charge in [0.05, 0.1) is 10.8 Å². The van der Waals surface area contributed by atoms with Crippen molar-refractivity contribution in [1.29, 1.82) is 0 Å². The molecule has 1 saturated heterocycles. The number of hydrogen-bond acceptors (Lipinski definition) is 6. The molecular weight excluding hydrogens is 360 g/mol. The van der Waals surface area contributed by atoms with Crippen LogP contribution in [0.4, 0.5) is 0 Å². The van der Waals surface area contributed by atoms with Crippen molar-refractivity contribution in [2.24, 2.45) is 5.92 Å². The highest BCUT2D eigenvalue weighted by atomic mass is 32.2. The summed E-state index contributed by atoms with van der Waals surface area (Å²) >= 11 is 0. The molecule has 1 N–H and O–H groups in total. The van der Waals surface area contributed by atoms with Crippen LogP contribution in [-0.2, 0) is 19.6 Å². The van der Waals surface area contributed by atoms with Gasteiger partial charge >= 0.3 is 0 Å². The van der Waals surface area contributed by atoms with Crippen molar-refractivity contribution in [2.45, 2.75) is 31.1 Å². The quantitative estimate of drug-likeness (QED) is 0.638. The number of ketones is 1. The van der Waals surface area contributed by atoms with E-state index >= 15 is 0 Å². The predicted octanol–water partition coefficient (Wildman–Crippen LogP) is -0.454. The maximum atomic E-state index is 12.8. The average molecular weight is 381 g/mol. The molecule has 0 saturated carbocycles. The number of sulfonamides is 1. The topological polar surface area (TPSA) is 124 Å². The van der Waals surface area contributed by atoms with Crippen LogP contribution in [0.2, 0.25) is 0 Å². The lowest BCUT2D eigenvalue weighted by Crippen LogP contribution is -2.45. The van der Waals surface area contributed by atoms with E-state index in [1.807, 2.05) is 0 Å². The van der Waals surface area contributed by atoms with Gasteiger partial charge in [-0.2, -0.15) is 4.31 Å². The van der Waals surface area contributed by atoms with Gasteiger partial charge in [-0.25, -0.2) is 8.42 Å². The van der Waals surface area contributed by atoms with Crippen LogP contribution >= 0.6 is 0 Å². The highest BCUT2D eigenvalue weighted by molar-refractivity contribution is 7.89. The third-order valence-corrected chi connectivity index (χ3v) is 6.16. The molecule has 8 nitrogen and oxygen atoms in total. The Labute approximate surface area is 152 Å².